The number of anilines is 1. The number of thioether (sulfide) groups is 1. The molecule has 35 heavy (non-hydrogen) atoms. The molecule has 1 amide bonds. The monoisotopic (exact) mass is 508 g/mol. The van der Waals surface area contributed by atoms with Gasteiger partial charge in [-0.15, -0.1) is 10.2 Å². The van der Waals surface area contributed by atoms with Crippen molar-refractivity contribution < 1.29 is 19.0 Å². The number of nitrogens with one attached hydrogen (secondary N) is 1. The molecule has 0 unspecified atom stereocenters. The summed E-state index contributed by atoms with van der Waals surface area (Å²) >= 11 is 7.36. The van der Waals surface area contributed by atoms with Crippen molar-refractivity contribution in [1.82, 2.24) is 14.8 Å². The third-order valence-corrected chi connectivity index (χ3v) is 6.34. The van der Waals surface area contributed by atoms with Crippen molar-refractivity contribution in [3.63, 3.8) is 0 Å². The van der Waals surface area contributed by atoms with Crippen LogP contribution in [0.25, 0.3) is 5.69 Å². The molecule has 1 aromatic heterocycles. The molecule has 4 aromatic rings. The van der Waals surface area contributed by atoms with E-state index < -0.39 is 0 Å². The van der Waals surface area contributed by atoms with Gasteiger partial charge in [0.05, 0.1) is 5.75 Å². The van der Waals surface area contributed by atoms with Crippen molar-refractivity contribution in [3.8, 4) is 22.9 Å². The van der Waals surface area contributed by atoms with Gasteiger partial charge in [0, 0.05) is 22.5 Å². The number of aromatic nitrogens is 3. The number of rotatable bonds is 8. The zero-order chi connectivity index (χ0) is 24.2. The summed E-state index contributed by atoms with van der Waals surface area (Å²) in [7, 11) is 0. The third kappa shape index (κ3) is 5.52. The van der Waals surface area contributed by atoms with E-state index in [-0.39, 0.29) is 25.1 Å². The van der Waals surface area contributed by atoms with Crippen LogP contribution in [0.1, 0.15) is 11.4 Å². The van der Waals surface area contributed by atoms with Crippen LogP contribution in [0.2, 0.25) is 5.02 Å². The normalized spacial score (nSPS) is 11.9. The third-order valence-electron chi connectivity index (χ3n) is 5.16. The highest BCUT2D eigenvalue weighted by atomic mass is 35.5. The lowest BCUT2D eigenvalue weighted by Crippen LogP contribution is -2.14. The second-order valence-electron chi connectivity index (χ2n) is 7.72. The fraction of sp³-hybridized carbons (Fsp3) is 0.160. The Balaban J connectivity index is 1.30. The van der Waals surface area contributed by atoms with Crippen LogP contribution in [0, 0.1) is 6.92 Å². The highest BCUT2D eigenvalue weighted by Gasteiger charge is 2.18. The Kier molecular flexibility index (Phi) is 6.78. The lowest BCUT2D eigenvalue weighted by molar-refractivity contribution is -0.113. The summed E-state index contributed by atoms with van der Waals surface area (Å²) < 4.78 is 18.5. The number of benzene rings is 3. The molecule has 1 aliphatic heterocycles. The average molecular weight is 509 g/mol. The van der Waals surface area contributed by atoms with Crippen molar-refractivity contribution in [1.29, 1.82) is 0 Å². The Morgan fingerprint density at radius 3 is 2.63 bits per heavy atom. The van der Waals surface area contributed by atoms with E-state index in [0.29, 0.717) is 33.2 Å². The van der Waals surface area contributed by atoms with E-state index in [1.807, 2.05) is 47.9 Å². The molecule has 5 rings (SSSR count). The Bertz CT molecular complexity index is 1340. The zero-order valence-corrected chi connectivity index (χ0v) is 20.3. The van der Waals surface area contributed by atoms with Crippen molar-refractivity contribution in [2.75, 3.05) is 17.9 Å². The first-order chi connectivity index (χ1) is 17.0. The van der Waals surface area contributed by atoms with Crippen LogP contribution in [0.3, 0.4) is 0 Å². The average Bonchev–Trinajstić information content (AvgIpc) is 3.49. The van der Waals surface area contributed by atoms with E-state index >= 15 is 0 Å². The van der Waals surface area contributed by atoms with Crippen molar-refractivity contribution in [3.05, 3.63) is 83.1 Å². The maximum atomic E-state index is 12.6. The number of nitrogens with zero attached hydrogens (tertiary/aromatic N) is 3. The SMILES string of the molecule is Cc1ccc(OCc2nnc(SCC(=O)Nc3ccc4c(c3)OCO4)n2-c2ccc(Cl)cc2)cc1. The molecule has 8 nitrogen and oxygen atoms in total. The number of amides is 1. The molecule has 1 N–H and O–H groups in total. The van der Waals surface area contributed by atoms with Crippen LogP contribution in [-0.2, 0) is 11.4 Å². The number of hydrogen-bond acceptors (Lipinski definition) is 7. The summed E-state index contributed by atoms with van der Waals surface area (Å²) in [5.41, 5.74) is 2.60. The van der Waals surface area contributed by atoms with Crippen LogP contribution in [-0.4, -0.2) is 33.2 Å². The summed E-state index contributed by atoms with van der Waals surface area (Å²) in [6.07, 6.45) is 0. The molecule has 10 heteroatoms. The molecule has 3 aromatic carbocycles. The highest BCUT2D eigenvalue weighted by molar-refractivity contribution is 7.99. The van der Waals surface area contributed by atoms with Crippen molar-refractivity contribution in [2.45, 2.75) is 18.7 Å². The summed E-state index contributed by atoms with van der Waals surface area (Å²) in [5.74, 6) is 2.56. The number of hydrogen-bond donors (Lipinski definition) is 1. The molecule has 0 spiro atoms. The molecule has 0 aliphatic carbocycles. The summed E-state index contributed by atoms with van der Waals surface area (Å²) in [5, 5.41) is 12.7. The Morgan fingerprint density at radius 2 is 1.83 bits per heavy atom. The minimum atomic E-state index is -0.183. The van der Waals surface area contributed by atoms with Crippen LogP contribution in [0.4, 0.5) is 5.69 Å². The Morgan fingerprint density at radius 1 is 1.06 bits per heavy atom. The predicted octanol–water partition coefficient (Wildman–Crippen LogP) is 5.27. The number of halogens is 1. The van der Waals surface area contributed by atoms with Gasteiger partial charge in [0.1, 0.15) is 12.4 Å². The Hall–Kier alpha value is -3.69. The second kappa shape index (κ2) is 10.3. The number of fused-ring (bicyclic) bond motifs is 1. The number of ether oxygens (including phenoxy) is 3. The predicted molar refractivity (Wildman–Crippen MR) is 134 cm³/mol. The van der Waals surface area contributed by atoms with E-state index in [1.165, 1.54) is 11.8 Å². The molecular formula is C25H21ClN4O4S. The minimum absolute atomic E-state index is 0.138. The lowest BCUT2D eigenvalue weighted by Gasteiger charge is -2.12. The summed E-state index contributed by atoms with van der Waals surface area (Å²) in [6, 6.07) is 20.4. The van der Waals surface area contributed by atoms with Gasteiger partial charge in [-0.3, -0.25) is 9.36 Å². The molecule has 0 fully saturated rings. The van der Waals surface area contributed by atoms with Gasteiger partial charge in [0.25, 0.3) is 0 Å². The van der Waals surface area contributed by atoms with Crippen LogP contribution in [0.15, 0.2) is 71.9 Å². The van der Waals surface area contributed by atoms with Gasteiger partial charge in [-0.1, -0.05) is 41.1 Å². The first-order valence-electron chi connectivity index (χ1n) is 10.8. The second-order valence-corrected chi connectivity index (χ2v) is 9.10. The lowest BCUT2D eigenvalue weighted by atomic mass is 10.2. The van der Waals surface area contributed by atoms with Crippen LogP contribution in [0.5, 0.6) is 17.2 Å². The number of aryl methyl sites for hydroxylation is 1. The van der Waals surface area contributed by atoms with E-state index in [4.69, 9.17) is 25.8 Å². The number of carbonyl (C=O) groups excluding carboxylic acids is 1. The Labute approximate surface area is 211 Å². The molecule has 0 bridgehead atoms. The van der Waals surface area contributed by atoms with E-state index in [1.54, 1.807) is 30.3 Å². The van der Waals surface area contributed by atoms with E-state index in [0.717, 1.165) is 17.0 Å². The van der Waals surface area contributed by atoms with Gasteiger partial charge >= 0.3 is 0 Å². The van der Waals surface area contributed by atoms with Crippen LogP contribution < -0.4 is 19.5 Å². The smallest absolute Gasteiger partial charge is 0.234 e. The fourth-order valence-corrected chi connectivity index (χ4v) is 4.32. The molecule has 0 atom stereocenters. The summed E-state index contributed by atoms with van der Waals surface area (Å²) in [6.45, 7) is 2.41. The van der Waals surface area contributed by atoms with Crippen LogP contribution >= 0.6 is 23.4 Å². The van der Waals surface area contributed by atoms with E-state index in [2.05, 4.69) is 15.5 Å². The highest BCUT2D eigenvalue weighted by Crippen LogP contribution is 2.34. The fourth-order valence-electron chi connectivity index (χ4n) is 3.42. The van der Waals surface area contributed by atoms with Crippen molar-refractivity contribution in [2.24, 2.45) is 0 Å². The summed E-state index contributed by atoms with van der Waals surface area (Å²) in [4.78, 5) is 12.6. The topological polar surface area (TPSA) is 87.5 Å². The zero-order valence-electron chi connectivity index (χ0n) is 18.7. The van der Waals surface area contributed by atoms with Gasteiger partial charge in [-0.25, -0.2) is 0 Å². The van der Waals surface area contributed by atoms with Crippen molar-refractivity contribution >= 4 is 35.0 Å². The molecular weight excluding hydrogens is 488 g/mol. The van der Waals surface area contributed by atoms with Gasteiger partial charge < -0.3 is 19.5 Å². The maximum absolute atomic E-state index is 12.6. The largest absolute Gasteiger partial charge is 0.486 e. The first-order valence-corrected chi connectivity index (χ1v) is 12.1. The van der Waals surface area contributed by atoms with Gasteiger partial charge in [0.2, 0.25) is 12.7 Å². The molecule has 2 heterocycles. The molecule has 0 radical (unpaired) electrons. The molecule has 0 saturated carbocycles. The molecule has 178 valence electrons. The molecule has 0 saturated heterocycles. The minimum Gasteiger partial charge on any atom is -0.486 e. The number of carbonyl (C=O) groups is 1. The van der Waals surface area contributed by atoms with Gasteiger partial charge in [0.15, 0.2) is 22.5 Å². The van der Waals surface area contributed by atoms with Gasteiger partial charge in [-0.2, -0.15) is 0 Å². The van der Waals surface area contributed by atoms with E-state index in [9.17, 15) is 4.79 Å². The standard InChI is InChI=1S/C25H21ClN4O4S/c1-16-2-9-20(10-3-16)32-13-23-28-29-25(30(23)19-7-4-17(26)5-8-19)35-14-24(31)27-18-6-11-21-22(12-18)34-15-33-21/h2-12H,13-15H2,1H3,(H,27,31). The first kappa shape index (κ1) is 23.1. The van der Waals surface area contributed by atoms with Gasteiger partial charge in [-0.05, 0) is 55.5 Å². The quantitative estimate of drug-likeness (QED) is 0.324. The molecule has 1 aliphatic rings. The maximum Gasteiger partial charge on any atom is 0.234 e.